The van der Waals surface area contributed by atoms with Crippen LogP contribution in [0.1, 0.15) is 0 Å². The smallest absolute Gasteiger partial charge is 0.328 e. The molecule has 0 radical (unpaired) electrons. The summed E-state index contributed by atoms with van der Waals surface area (Å²) < 4.78 is 0. The Morgan fingerprint density at radius 3 is 1.73 bits per heavy atom. The van der Waals surface area contributed by atoms with Crippen LogP contribution >= 0.6 is 0 Å². The number of aliphatic carboxylic acids is 2. The Hall–Kier alpha value is -2.44. The van der Waals surface area contributed by atoms with Crippen molar-refractivity contribution >= 4 is 17.9 Å². The molecule has 0 saturated heterocycles. The van der Waals surface area contributed by atoms with Crippen molar-refractivity contribution in [3.63, 3.8) is 0 Å². The number of anilines is 1. The number of carboxylic acid groups (broad SMARTS) is 2. The number of hydrogen-bond acceptors (Lipinski definition) is 5. The van der Waals surface area contributed by atoms with Crippen molar-refractivity contribution in [3.05, 3.63) is 30.6 Å². The summed E-state index contributed by atoms with van der Waals surface area (Å²) in [6.45, 7) is 0. The van der Waals surface area contributed by atoms with Gasteiger partial charge < -0.3 is 15.9 Å². The topological polar surface area (TPSA) is 126 Å². The Balaban J connectivity index is 0.000000262. The van der Waals surface area contributed by atoms with E-state index in [1.807, 2.05) is 0 Å². The van der Waals surface area contributed by atoms with Gasteiger partial charge in [-0.15, -0.1) is 0 Å². The molecule has 80 valence electrons. The molecule has 4 N–H and O–H groups in total. The van der Waals surface area contributed by atoms with Crippen molar-refractivity contribution in [2.75, 3.05) is 5.73 Å². The van der Waals surface area contributed by atoms with E-state index in [1.165, 1.54) is 0 Å². The number of nitrogens with zero attached hydrogens (tertiary/aromatic N) is 2. The Kier molecular flexibility index (Phi) is 5.87. The van der Waals surface area contributed by atoms with Gasteiger partial charge in [-0.25, -0.2) is 19.6 Å². The van der Waals surface area contributed by atoms with Gasteiger partial charge in [-0.2, -0.15) is 0 Å². The fourth-order valence-corrected chi connectivity index (χ4v) is 0.453. The van der Waals surface area contributed by atoms with Crippen molar-refractivity contribution in [1.82, 2.24) is 9.97 Å². The van der Waals surface area contributed by atoms with Crippen LogP contribution in [0.5, 0.6) is 0 Å². The van der Waals surface area contributed by atoms with Gasteiger partial charge in [0.2, 0.25) is 5.95 Å². The highest BCUT2D eigenvalue weighted by atomic mass is 16.4. The minimum atomic E-state index is -1.26. The standard InChI is InChI=1S/C4H5N3.C4H4O4/c5-4-6-2-1-3-7-4;5-3(6)1-2-4(7)8/h1-3H,(H2,5,6,7);1-2H,(H,5,6)(H,7,8). The monoisotopic (exact) mass is 211 g/mol. The Morgan fingerprint density at radius 1 is 1.13 bits per heavy atom. The van der Waals surface area contributed by atoms with E-state index in [9.17, 15) is 9.59 Å². The molecule has 1 heterocycles. The molecular formula is C8H9N3O4. The van der Waals surface area contributed by atoms with Crippen molar-refractivity contribution in [2.24, 2.45) is 0 Å². The van der Waals surface area contributed by atoms with Crippen molar-refractivity contribution in [1.29, 1.82) is 0 Å². The number of hydrogen-bond donors (Lipinski definition) is 3. The van der Waals surface area contributed by atoms with Crippen LogP contribution in [0.25, 0.3) is 0 Å². The second kappa shape index (κ2) is 7.01. The molecule has 1 rings (SSSR count). The largest absolute Gasteiger partial charge is 0.478 e. The van der Waals surface area contributed by atoms with Crippen LogP contribution in [0.15, 0.2) is 30.6 Å². The van der Waals surface area contributed by atoms with E-state index < -0.39 is 11.9 Å². The molecule has 0 fully saturated rings. The lowest BCUT2D eigenvalue weighted by molar-refractivity contribution is -0.134. The molecule has 0 amide bonds. The third-order valence-electron chi connectivity index (χ3n) is 0.954. The Labute approximate surface area is 84.9 Å². The lowest BCUT2D eigenvalue weighted by atomic mass is 10.5. The molecule has 15 heavy (non-hydrogen) atoms. The van der Waals surface area contributed by atoms with Crippen LogP contribution in [0.2, 0.25) is 0 Å². The molecule has 0 aliphatic rings. The second-order valence-electron chi connectivity index (χ2n) is 2.12. The summed E-state index contributed by atoms with van der Waals surface area (Å²) >= 11 is 0. The lowest BCUT2D eigenvalue weighted by Crippen LogP contribution is -1.91. The highest BCUT2D eigenvalue weighted by Gasteiger charge is 1.88. The van der Waals surface area contributed by atoms with Crippen molar-refractivity contribution in [3.8, 4) is 0 Å². The van der Waals surface area contributed by atoms with Crippen LogP contribution in [-0.2, 0) is 9.59 Å². The van der Waals surface area contributed by atoms with Crippen LogP contribution in [0.3, 0.4) is 0 Å². The third-order valence-corrected chi connectivity index (χ3v) is 0.954. The average molecular weight is 211 g/mol. The van der Waals surface area contributed by atoms with Crippen molar-refractivity contribution < 1.29 is 19.8 Å². The van der Waals surface area contributed by atoms with Crippen LogP contribution in [-0.4, -0.2) is 32.1 Å². The summed E-state index contributed by atoms with van der Waals surface area (Å²) in [7, 11) is 0. The first kappa shape index (κ1) is 12.6. The summed E-state index contributed by atoms with van der Waals surface area (Å²) in [6, 6.07) is 1.72. The van der Waals surface area contributed by atoms with Crippen LogP contribution in [0, 0.1) is 0 Å². The molecule has 0 aliphatic carbocycles. The minimum absolute atomic E-state index is 0.322. The van der Waals surface area contributed by atoms with Gasteiger partial charge in [0.25, 0.3) is 0 Å². The van der Waals surface area contributed by atoms with Gasteiger partial charge in [-0.05, 0) is 6.07 Å². The molecule has 7 nitrogen and oxygen atoms in total. The maximum absolute atomic E-state index is 9.55. The zero-order valence-electron chi connectivity index (χ0n) is 7.57. The number of carbonyl (C=O) groups is 2. The first-order valence-corrected chi connectivity index (χ1v) is 3.69. The predicted molar refractivity (Wildman–Crippen MR) is 50.9 cm³/mol. The average Bonchev–Trinajstić information content (AvgIpc) is 2.17. The molecular weight excluding hydrogens is 202 g/mol. The summed E-state index contributed by atoms with van der Waals surface area (Å²) in [4.78, 5) is 26.4. The molecule has 0 aromatic carbocycles. The van der Waals surface area contributed by atoms with Crippen LogP contribution in [0.4, 0.5) is 5.95 Å². The number of aromatic nitrogens is 2. The number of nitrogen functional groups attached to an aromatic ring is 1. The van der Waals surface area contributed by atoms with Gasteiger partial charge in [0.1, 0.15) is 0 Å². The number of nitrogens with two attached hydrogens (primary N) is 1. The second-order valence-corrected chi connectivity index (χ2v) is 2.12. The highest BCUT2D eigenvalue weighted by Crippen LogP contribution is 1.81. The lowest BCUT2D eigenvalue weighted by Gasteiger charge is -1.82. The Bertz CT molecular complexity index is 334. The first-order chi connectivity index (χ1) is 7.02. The van der Waals surface area contributed by atoms with Gasteiger partial charge in [0.05, 0.1) is 0 Å². The van der Waals surface area contributed by atoms with Gasteiger partial charge >= 0.3 is 11.9 Å². The first-order valence-electron chi connectivity index (χ1n) is 3.69. The molecule has 1 aromatic rings. The zero-order chi connectivity index (χ0) is 11.7. The van der Waals surface area contributed by atoms with E-state index in [4.69, 9.17) is 15.9 Å². The van der Waals surface area contributed by atoms with E-state index in [0.29, 0.717) is 18.1 Å². The Morgan fingerprint density at radius 2 is 1.53 bits per heavy atom. The minimum Gasteiger partial charge on any atom is -0.478 e. The number of rotatable bonds is 2. The summed E-state index contributed by atoms with van der Waals surface area (Å²) in [6.07, 6.45) is 4.31. The summed E-state index contributed by atoms with van der Waals surface area (Å²) in [5, 5.41) is 15.6. The van der Waals surface area contributed by atoms with Gasteiger partial charge in [0, 0.05) is 24.5 Å². The summed E-state index contributed by atoms with van der Waals surface area (Å²) in [5.41, 5.74) is 5.14. The molecule has 1 aromatic heterocycles. The molecule has 0 unspecified atom stereocenters. The normalized spacial score (nSPS) is 9.07. The van der Waals surface area contributed by atoms with E-state index in [0.717, 1.165) is 0 Å². The SMILES string of the molecule is Nc1ncccn1.O=C(O)C=CC(=O)O. The van der Waals surface area contributed by atoms with Gasteiger partial charge in [0.15, 0.2) is 0 Å². The predicted octanol–water partition coefficient (Wildman–Crippen LogP) is -0.229. The van der Waals surface area contributed by atoms with Gasteiger partial charge in [-0.3, -0.25) is 0 Å². The molecule has 0 aliphatic heterocycles. The van der Waals surface area contributed by atoms with E-state index in [1.54, 1.807) is 18.5 Å². The van der Waals surface area contributed by atoms with E-state index in [-0.39, 0.29) is 0 Å². The maximum Gasteiger partial charge on any atom is 0.328 e. The molecule has 0 bridgehead atoms. The fraction of sp³-hybridized carbons (Fsp3) is 0. The third kappa shape index (κ3) is 9.47. The van der Waals surface area contributed by atoms with E-state index >= 15 is 0 Å². The number of carboxylic acids is 2. The maximum atomic E-state index is 9.55. The summed E-state index contributed by atoms with van der Waals surface area (Å²) in [5.74, 6) is -2.19. The molecule has 0 atom stereocenters. The molecule has 0 saturated carbocycles. The fourth-order valence-electron chi connectivity index (χ4n) is 0.453. The highest BCUT2D eigenvalue weighted by molar-refractivity contribution is 5.89. The quantitative estimate of drug-likeness (QED) is 0.576. The molecule has 7 heteroatoms. The van der Waals surface area contributed by atoms with Crippen LogP contribution < -0.4 is 5.73 Å². The molecule has 0 spiro atoms. The van der Waals surface area contributed by atoms with E-state index in [2.05, 4.69) is 9.97 Å². The van der Waals surface area contributed by atoms with Gasteiger partial charge in [-0.1, -0.05) is 0 Å². The zero-order valence-corrected chi connectivity index (χ0v) is 7.57. The van der Waals surface area contributed by atoms with Crippen molar-refractivity contribution in [2.45, 2.75) is 0 Å².